The van der Waals surface area contributed by atoms with Crippen LogP contribution in [0.5, 0.6) is 5.75 Å². The Kier molecular flexibility index (Phi) is 8.20. The number of hydrogen-bond donors (Lipinski definition) is 1. The summed E-state index contributed by atoms with van der Waals surface area (Å²) in [5.41, 5.74) is 0.742. The second-order valence-corrected chi connectivity index (χ2v) is 7.63. The Morgan fingerprint density at radius 2 is 1.72 bits per heavy atom. The molecule has 0 aromatic heterocycles. The van der Waals surface area contributed by atoms with E-state index >= 15 is 0 Å². The summed E-state index contributed by atoms with van der Waals surface area (Å²) in [6.45, 7) is 4.37. The summed E-state index contributed by atoms with van der Waals surface area (Å²) in [5, 5.41) is 4.81. The lowest BCUT2D eigenvalue weighted by molar-refractivity contribution is -0.142. The third-order valence-corrected chi connectivity index (χ3v) is 5.30. The number of carbonyl (C=O) groups excluding carboxylic acids is 2. The van der Waals surface area contributed by atoms with E-state index in [1.54, 1.807) is 12.1 Å². The first-order chi connectivity index (χ1) is 15.5. The van der Waals surface area contributed by atoms with Gasteiger partial charge in [-0.2, -0.15) is 0 Å². The summed E-state index contributed by atoms with van der Waals surface area (Å²) >= 11 is 0. The number of nitrogens with one attached hydrogen (secondary N) is 1. The van der Waals surface area contributed by atoms with Crippen LogP contribution < -0.4 is 10.1 Å². The molecular formula is C26H29FN2O3. The third-order valence-electron chi connectivity index (χ3n) is 5.30. The van der Waals surface area contributed by atoms with Crippen molar-refractivity contribution in [3.05, 3.63) is 78.1 Å². The Labute approximate surface area is 188 Å². The Bertz CT molecular complexity index is 1050. The molecule has 168 valence electrons. The van der Waals surface area contributed by atoms with Crippen molar-refractivity contribution in [2.75, 3.05) is 13.2 Å². The molecule has 0 heterocycles. The number of benzene rings is 3. The maximum absolute atomic E-state index is 13.3. The van der Waals surface area contributed by atoms with Crippen LogP contribution in [-0.2, 0) is 16.1 Å². The topological polar surface area (TPSA) is 58.6 Å². The van der Waals surface area contributed by atoms with Gasteiger partial charge in [-0.05, 0) is 42.0 Å². The Morgan fingerprint density at radius 1 is 1.00 bits per heavy atom. The van der Waals surface area contributed by atoms with Gasteiger partial charge in [0, 0.05) is 18.5 Å². The number of nitrogens with zero attached hydrogens (tertiary/aromatic N) is 1. The Morgan fingerprint density at radius 3 is 2.44 bits per heavy atom. The average molecular weight is 437 g/mol. The van der Waals surface area contributed by atoms with E-state index in [2.05, 4.69) is 5.32 Å². The molecule has 0 radical (unpaired) electrons. The molecule has 0 unspecified atom stereocenters. The highest BCUT2D eigenvalue weighted by Gasteiger charge is 2.28. The van der Waals surface area contributed by atoms with E-state index in [1.165, 1.54) is 17.0 Å². The summed E-state index contributed by atoms with van der Waals surface area (Å²) in [4.78, 5) is 27.5. The van der Waals surface area contributed by atoms with Crippen LogP contribution in [0.4, 0.5) is 4.39 Å². The number of amides is 2. The fraction of sp³-hybridized carbons (Fsp3) is 0.308. The lowest BCUT2D eigenvalue weighted by Crippen LogP contribution is -2.50. The molecule has 0 saturated heterocycles. The molecule has 1 N–H and O–H groups in total. The van der Waals surface area contributed by atoms with Crippen molar-refractivity contribution < 1.29 is 18.7 Å². The minimum absolute atomic E-state index is 0.191. The molecule has 2 amide bonds. The lowest BCUT2D eigenvalue weighted by atomic mass is 10.1. The Hall–Kier alpha value is -3.41. The monoisotopic (exact) mass is 436 g/mol. The van der Waals surface area contributed by atoms with Gasteiger partial charge >= 0.3 is 0 Å². The SMILES string of the molecule is CCCNC(=O)[C@H](CC)N(Cc1ccc(F)cc1)C(=O)COc1cccc2ccccc12. The van der Waals surface area contributed by atoms with Crippen LogP contribution in [-0.4, -0.2) is 35.9 Å². The highest BCUT2D eigenvalue weighted by molar-refractivity contribution is 5.90. The normalized spacial score (nSPS) is 11.7. The maximum atomic E-state index is 13.3. The summed E-state index contributed by atoms with van der Waals surface area (Å²) in [5.74, 6) is -0.240. The third kappa shape index (κ3) is 5.84. The lowest BCUT2D eigenvalue weighted by Gasteiger charge is -2.30. The van der Waals surface area contributed by atoms with Crippen molar-refractivity contribution in [3.8, 4) is 5.75 Å². The molecule has 0 aliphatic carbocycles. The fourth-order valence-electron chi connectivity index (χ4n) is 3.62. The molecule has 5 nitrogen and oxygen atoms in total. The smallest absolute Gasteiger partial charge is 0.261 e. The summed E-state index contributed by atoms with van der Waals surface area (Å²) in [6.07, 6.45) is 1.26. The number of ether oxygens (including phenoxy) is 1. The van der Waals surface area contributed by atoms with E-state index < -0.39 is 6.04 Å². The second-order valence-electron chi connectivity index (χ2n) is 7.63. The van der Waals surface area contributed by atoms with E-state index in [0.29, 0.717) is 18.7 Å². The standard InChI is InChI=1S/C26H29FN2O3/c1-3-16-28-26(31)23(4-2)29(17-19-12-14-21(27)15-13-19)25(30)18-32-24-11-7-9-20-8-5-6-10-22(20)24/h5-15,23H,3-4,16-18H2,1-2H3,(H,28,31)/t23-/m0/s1. The van der Waals surface area contributed by atoms with E-state index in [1.807, 2.05) is 56.3 Å². The molecule has 6 heteroatoms. The van der Waals surface area contributed by atoms with Crippen molar-refractivity contribution >= 4 is 22.6 Å². The van der Waals surface area contributed by atoms with Crippen molar-refractivity contribution in [1.82, 2.24) is 10.2 Å². The molecular weight excluding hydrogens is 407 g/mol. The summed E-state index contributed by atoms with van der Waals surface area (Å²) in [6, 6.07) is 18.8. The van der Waals surface area contributed by atoms with E-state index in [4.69, 9.17) is 4.74 Å². The summed E-state index contributed by atoms with van der Waals surface area (Å²) in [7, 11) is 0. The van der Waals surface area contributed by atoms with Crippen molar-refractivity contribution in [2.45, 2.75) is 39.3 Å². The molecule has 3 aromatic carbocycles. The first kappa shape index (κ1) is 23.3. The zero-order chi connectivity index (χ0) is 22.9. The number of rotatable bonds is 10. The predicted octanol–water partition coefficient (Wildman–Crippen LogP) is 4.69. The molecule has 0 aliphatic rings. The van der Waals surface area contributed by atoms with E-state index in [0.717, 1.165) is 22.8 Å². The van der Waals surface area contributed by atoms with Gasteiger partial charge < -0.3 is 15.0 Å². The van der Waals surface area contributed by atoms with Crippen LogP contribution in [0.3, 0.4) is 0 Å². The van der Waals surface area contributed by atoms with Crippen LogP contribution in [0.25, 0.3) is 10.8 Å². The molecule has 0 spiro atoms. The van der Waals surface area contributed by atoms with Gasteiger partial charge in [0.25, 0.3) is 5.91 Å². The minimum Gasteiger partial charge on any atom is -0.483 e. The predicted molar refractivity (Wildman–Crippen MR) is 124 cm³/mol. The van der Waals surface area contributed by atoms with Crippen molar-refractivity contribution in [2.24, 2.45) is 0 Å². The first-order valence-corrected chi connectivity index (χ1v) is 11.0. The second kappa shape index (κ2) is 11.3. The highest BCUT2D eigenvalue weighted by atomic mass is 19.1. The maximum Gasteiger partial charge on any atom is 0.261 e. The molecule has 3 aromatic rings. The molecule has 0 fully saturated rings. The van der Waals surface area contributed by atoms with Gasteiger partial charge in [0.05, 0.1) is 0 Å². The van der Waals surface area contributed by atoms with Gasteiger partial charge in [-0.3, -0.25) is 9.59 Å². The molecule has 0 bridgehead atoms. The van der Waals surface area contributed by atoms with E-state index in [9.17, 15) is 14.0 Å². The minimum atomic E-state index is -0.643. The Balaban J connectivity index is 1.81. The van der Waals surface area contributed by atoms with E-state index in [-0.39, 0.29) is 30.8 Å². The first-order valence-electron chi connectivity index (χ1n) is 11.0. The number of hydrogen-bond acceptors (Lipinski definition) is 3. The number of carbonyl (C=O) groups is 2. The van der Waals surface area contributed by atoms with Crippen LogP contribution in [0.2, 0.25) is 0 Å². The van der Waals surface area contributed by atoms with Crippen LogP contribution in [0.1, 0.15) is 32.3 Å². The quantitative estimate of drug-likeness (QED) is 0.502. The fourth-order valence-corrected chi connectivity index (χ4v) is 3.62. The summed E-state index contributed by atoms with van der Waals surface area (Å²) < 4.78 is 19.2. The largest absolute Gasteiger partial charge is 0.483 e. The van der Waals surface area contributed by atoms with Crippen LogP contribution >= 0.6 is 0 Å². The van der Waals surface area contributed by atoms with Crippen molar-refractivity contribution in [3.63, 3.8) is 0 Å². The van der Waals surface area contributed by atoms with Gasteiger partial charge in [-0.25, -0.2) is 4.39 Å². The van der Waals surface area contributed by atoms with Gasteiger partial charge in [-0.15, -0.1) is 0 Å². The van der Waals surface area contributed by atoms with Crippen LogP contribution in [0, 0.1) is 5.82 Å². The molecule has 32 heavy (non-hydrogen) atoms. The molecule has 0 saturated carbocycles. The zero-order valence-electron chi connectivity index (χ0n) is 18.5. The van der Waals surface area contributed by atoms with Gasteiger partial charge in [0.2, 0.25) is 5.91 Å². The molecule has 3 rings (SSSR count). The highest BCUT2D eigenvalue weighted by Crippen LogP contribution is 2.25. The van der Waals surface area contributed by atoms with Gasteiger partial charge in [-0.1, -0.05) is 62.4 Å². The van der Waals surface area contributed by atoms with Gasteiger partial charge in [0.1, 0.15) is 17.6 Å². The number of fused-ring (bicyclic) bond motifs is 1. The number of halogens is 1. The zero-order valence-corrected chi connectivity index (χ0v) is 18.5. The average Bonchev–Trinajstić information content (AvgIpc) is 2.82. The molecule has 1 atom stereocenters. The molecule has 0 aliphatic heterocycles. The van der Waals surface area contributed by atoms with Crippen LogP contribution in [0.15, 0.2) is 66.7 Å². The van der Waals surface area contributed by atoms with Crippen molar-refractivity contribution in [1.29, 1.82) is 0 Å². The van der Waals surface area contributed by atoms with Gasteiger partial charge in [0.15, 0.2) is 6.61 Å².